The quantitative estimate of drug-likeness (QED) is 0.637. The van der Waals surface area contributed by atoms with Crippen molar-refractivity contribution >= 4 is 22.7 Å². The molecule has 5 rings (SSSR count). The summed E-state index contributed by atoms with van der Waals surface area (Å²) in [6, 6.07) is 15.2. The number of amides is 2. The number of rotatable bonds is 5. The van der Waals surface area contributed by atoms with Crippen molar-refractivity contribution in [3.8, 4) is 0 Å². The molecule has 2 aromatic carbocycles. The molecule has 2 aliphatic rings. The van der Waals surface area contributed by atoms with Crippen molar-refractivity contribution < 1.29 is 14.3 Å². The molecule has 3 aromatic rings. The molecule has 1 aromatic heterocycles. The molecule has 0 radical (unpaired) electrons. The zero-order chi connectivity index (χ0) is 23.1. The van der Waals surface area contributed by atoms with E-state index in [0.29, 0.717) is 31.9 Å². The first-order valence-electron chi connectivity index (χ1n) is 11.9. The van der Waals surface area contributed by atoms with E-state index >= 15 is 0 Å². The number of hydrogen-bond donors (Lipinski definition) is 1. The van der Waals surface area contributed by atoms with Crippen molar-refractivity contribution in [1.82, 2.24) is 14.8 Å². The lowest BCUT2D eigenvalue weighted by atomic mass is 9.91. The second-order valence-electron chi connectivity index (χ2n) is 9.18. The van der Waals surface area contributed by atoms with Crippen LogP contribution in [0.15, 0.2) is 48.5 Å². The van der Waals surface area contributed by atoms with Crippen molar-refractivity contribution in [3.05, 3.63) is 70.9 Å². The van der Waals surface area contributed by atoms with Crippen LogP contribution < -0.4 is 0 Å². The van der Waals surface area contributed by atoms with E-state index in [1.165, 1.54) is 0 Å². The van der Waals surface area contributed by atoms with Crippen molar-refractivity contribution in [2.45, 2.75) is 39.3 Å². The standard InChI is InChI=1S/C27H31N3O3/c1-4-17(2)24(27(32)29-13-15-33-16-14-29)30-25(19-9-5-6-10-20(19)26(30)31)23-18(3)28-22-12-8-7-11-21(22)23/h5-12,17,24-25,28H,4,13-16H2,1-3H3. The van der Waals surface area contributed by atoms with E-state index < -0.39 is 6.04 Å². The number of para-hydroxylation sites is 1. The van der Waals surface area contributed by atoms with Gasteiger partial charge in [-0.05, 0) is 30.5 Å². The van der Waals surface area contributed by atoms with Gasteiger partial charge in [0.1, 0.15) is 6.04 Å². The Labute approximate surface area is 194 Å². The Kier molecular flexibility index (Phi) is 5.71. The summed E-state index contributed by atoms with van der Waals surface area (Å²) in [7, 11) is 0. The third-order valence-corrected chi connectivity index (χ3v) is 7.27. The molecule has 2 amide bonds. The number of nitrogens with zero attached hydrogens (tertiary/aromatic N) is 2. The van der Waals surface area contributed by atoms with Gasteiger partial charge in [0, 0.05) is 40.8 Å². The molecule has 6 nitrogen and oxygen atoms in total. The zero-order valence-electron chi connectivity index (χ0n) is 19.5. The van der Waals surface area contributed by atoms with E-state index in [1.807, 2.05) is 46.2 Å². The van der Waals surface area contributed by atoms with E-state index in [2.05, 4.69) is 37.9 Å². The van der Waals surface area contributed by atoms with Crippen LogP contribution in [0.3, 0.4) is 0 Å². The number of hydrogen-bond acceptors (Lipinski definition) is 3. The number of H-pyrrole nitrogens is 1. The summed E-state index contributed by atoms with van der Waals surface area (Å²) in [5, 5.41) is 1.09. The van der Waals surface area contributed by atoms with Crippen molar-refractivity contribution in [3.63, 3.8) is 0 Å². The first-order valence-corrected chi connectivity index (χ1v) is 11.9. The highest BCUT2D eigenvalue weighted by molar-refractivity contribution is 6.03. The van der Waals surface area contributed by atoms with Gasteiger partial charge in [-0.25, -0.2) is 0 Å². The number of ether oxygens (including phenoxy) is 1. The third kappa shape index (κ3) is 3.53. The van der Waals surface area contributed by atoms with Gasteiger partial charge in [0.2, 0.25) is 5.91 Å². The van der Waals surface area contributed by atoms with E-state index in [9.17, 15) is 9.59 Å². The van der Waals surface area contributed by atoms with Crippen LogP contribution in [0, 0.1) is 12.8 Å². The van der Waals surface area contributed by atoms with Gasteiger partial charge in [0.05, 0.1) is 19.3 Å². The Morgan fingerprint density at radius 1 is 1.12 bits per heavy atom. The monoisotopic (exact) mass is 445 g/mol. The molecule has 3 atom stereocenters. The van der Waals surface area contributed by atoms with Gasteiger partial charge in [-0.2, -0.15) is 0 Å². The van der Waals surface area contributed by atoms with Crippen LogP contribution in [0.5, 0.6) is 0 Å². The topological polar surface area (TPSA) is 65.6 Å². The molecule has 3 unspecified atom stereocenters. The molecule has 1 N–H and O–H groups in total. The van der Waals surface area contributed by atoms with Crippen LogP contribution in [-0.4, -0.2) is 58.9 Å². The average Bonchev–Trinajstić information content (AvgIpc) is 3.32. The first kappa shape index (κ1) is 21.7. The summed E-state index contributed by atoms with van der Waals surface area (Å²) >= 11 is 0. The van der Waals surface area contributed by atoms with E-state index in [1.54, 1.807) is 0 Å². The number of morpholine rings is 1. The van der Waals surface area contributed by atoms with E-state index in [4.69, 9.17) is 4.74 Å². The van der Waals surface area contributed by atoms with Gasteiger partial charge in [0.25, 0.3) is 5.91 Å². The number of aryl methyl sites for hydroxylation is 1. The molecule has 172 valence electrons. The second kappa shape index (κ2) is 8.67. The maximum absolute atomic E-state index is 13.9. The smallest absolute Gasteiger partial charge is 0.255 e. The predicted octanol–water partition coefficient (Wildman–Crippen LogP) is 4.30. The maximum atomic E-state index is 13.9. The highest BCUT2D eigenvalue weighted by Gasteiger charge is 2.47. The van der Waals surface area contributed by atoms with Crippen molar-refractivity contribution in [1.29, 1.82) is 0 Å². The Morgan fingerprint density at radius 2 is 1.82 bits per heavy atom. The molecule has 33 heavy (non-hydrogen) atoms. The highest BCUT2D eigenvalue weighted by Crippen LogP contribution is 2.45. The Bertz CT molecular complexity index is 1190. The van der Waals surface area contributed by atoms with Crippen LogP contribution in [0.4, 0.5) is 0 Å². The third-order valence-electron chi connectivity index (χ3n) is 7.27. The van der Waals surface area contributed by atoms with Gasteiger partial charge in [-0.1, -0.05) is 56.7 Å². The Balaban J connectivity index is 1.68. The summed E-state index contributed by atoms with van der Waals surface area (Å²) < 4.78 is 5.48. The maximum Gasteiger partial charge on any atom is 0.255 e. The minimum Gasteiger partial charge on any atom is -0.378 e. The summed E-state index contributed by atoms with van der Waals surface area (Å²) in [5.41, 5.74) is 4.81. The fourth-order valence-corrected chi connectivity index (χ4v) is 5.40. The van der Waals surface area contributed by atoms with Crippen LogP contribution in [-0.2, 0) is 9.53 Å². The molecule has 1 fully saturated rings. The number of aromatic amines is 1. The van der Waals surface area contributed by atoms with Gasteiger partial charge in [0.15, 0.2) is 0 Å². The summed E-state index contributed by atoms with van der Waals surface area (Å²) in [6.45, 7) is 8.44. The van der Waals surface area contributed by atoms with Crippen LogP contribution >= 0.6 is 0 Å². The van der Waals surface area contributed by atoms with Gasteiger partial charge < -0.3 is 19.5 Å². The largest absolute Gasteiger partial charge is 0.378 e. The lowest BCUT2D eigenvalue weighted by Crippen LogP contribution is -2.55. The lowest BCUT2D eigenvalue weighted by molar-refractivity contribution is -0.142. The van der Waals surface area contributed by atoms with Crippen LogP contribution in [0.25, 0.3) is 10.9 Å². The summed E-state index contributed by atoms with van der Waals surface area (Å²) in [5.74, 6) is -0.0184. The number of benzene rings is 2. The number of fused-ring (bicyclic) bond motifs is 2. The van der Waals surface area contributed by atoms with Gasteiger partial charge >= 0.3 is 0 Å². The normalized spacial score (nSPS) is 20.2. The molecular weight excluding hydrogens is 414 g/mol. The molecule has 0 aliphatic carbocycles. The molecule has 6 heteroatoms. The van der Waals surface area contributed by atoms with Crippen LogP contribution in [0.1, 0.15) is 53.5 Å². The Morgan fingerprint density at radius 3 is 2.58 bits per heavy atom. The molecule has 0 saturated carbocycles. The molecule has 2 aliphatic heterocycles. The highest BCUT2D eigenvalue weighted by atomic mass is 16.5. The number of nitrogens with one attached hydrogen (secondary N) is 1. The zero-order valence-corrected chi connectivity index (χ0v) is 19.5. The molecule has 1 saturated heterocycles. The van der Waals surface area contributed by atoms with Crippen molar-refractivity contribution in [2.24, 2.45) is 5.92 Å². The van der Waals surface area contributed by atoms with Gasteiger partial charge in [-0.3, -0.25) is 9.59 Å². The second-order valence-corrected chi connectivity index (χ2v) is 9.18. The minimum atomic E-state index is -0.536. The van der Waals surface area contributed by atoms with E-state index in [-0.39, 0.29) is 23.8 Å². The number of aromatic nitrogens is 1. The van der Waals surface area contributed by atoms with Crippen molar-refractivity contribution in [2.75, 3.05) is 26.3 Å². The molecule has 0 spiro atoms. The van der Waals surface area contributed by atoms with E-state index in [0.717, 1.165) is 34.1 Å². The van der Waals surface area contributed by atoms with Crippen LogP contribution in [0.2, 0.25) is 0 Å². The van der Waals surface area contributed by atoms with Gasteiger partial charge in [-0.15, -0.1) is 0 Å². The first-order chi connectivity index (χ1) is 16.0. The summed E-state index contributed by atoms with van der Waals surface area (Å²) in [6.07, 6.45) is 0.806. The fourth-order valence-electron chi connectivity index (χ4n) is 5.40. The summed E-state index contributed by atoms with van der Waals surface area (Å²) in [4.78, 5) is 35.1. The average molecular weight is 446 g/mol. The molecule has 0 bridgehead atoms. The fraction of sp³-hybridized carbons (Fsp3) is 0.407. The number of carbonyl (C=O) groups is 2. The Hall–Kier alpha value is -3.12. The lowest BCUT2D eigenvalue weighted by Gasteiger charge is -2.40. The SMILES string of the molecule is CCC(C)C(C(=O)N1CCOCC1)N1C(=O)c2ccccc2C1c1c(C)[nH]c2ccccc12. The minimum absolute atomic E-state index is 0.0200. The number of carbonyl (C=O) groups excluding carboxylic acids is 2. The predicted molar refractivity (Wildman–Crippen MR) is 128 cm³/mol. The molecular formula is C27H31N3O3. The molecule has 3 heterocycles.